The predicted octanol–water partition coefficient (Wildman–Crippen LogP) is 5.30. The van der Waals surface area contributed by atoms with Gasteiger partial charge in [0.2, 0.25) is 0 Å². The lowest BCUT2D eigenvalue weighted by Gasteiger charge is -2.20. The van der Waals surface area contributed by atoms with Gasteiger partial charge in [-0.05, 0) is 51.2 Å². The van der Waals surface area contributed by atoms with E-state index >= 15 is 0 Å². The summed E-state index contributed by atoms with van der Waals surface area (Å²) < 4.78 is 5.22. The monoisotopic (exact) mass is 359 g/mol. The zero-order valence-electron chi connectivity index (χ0n) is 16.5. The standard InChI is InChI=1S/C22H33NO3/c1-22(2,3)26-21(25)23-14-8-12-17-11-7-13-19(15-17)20(24)16-18-9-5-4-6-10-18/h7,11,13,15,18H,4-6,8-10,12,14,16H2,1-3H3,(H,23,25). The molecule has 0 unspecified atom stereocenters. The molecule has 4 heteroatoms. The Morgan fingerprint density at radius 2 is 1.88 bits per heavy atom. The van der Waals surface area contributed by atoms with Crippen molar-refractivity contribution in [2.24, 2.45) is 5.92 Å². The van der Waals surface area contributed by atoms with Gasteiger partial charge >= 0.3 is 6.09 Å². The molecule has 1 fully saturated rings. The number of ether oxygens (including phenoxy) is 1. The maximum Gasteiger partial charge on any atom is 0.407 e. The van der Waals surface area contributed by atoms with Crippen molar-refractivity contribution < 1.29 is 14.3 Å². The van der Waals surface area contributed by atoms with Crippen molar-refractivity contribution >= 4 is 11.9 Å². The molecule has 0 aliphatic heterocycles. The van der Waals surface area contributed by atoms with Crippen LogP contribution >= 0.6 is 0 Å². The number of alkyl carbamates (subject to hydrolysis) is 1. The molecule has 1 saturated carbocycles. The highest BCUT2D eigenvalue weighted by Crippen LogP contribution is 2.27. The first-order chi connectivity index (χ1) is 12.3. The van der Waals surface area contributed by atoms with Crippen LogP contribution in [0.4, 0.5) is 4.79 Å². The minimum atomic E-state index is -0.475. The van der Waals surface area contributed by atoms with E-state index in [-0.39, 0.29) is 11.9 Å². The van der Waals surface area contributed by atoms with Gasteiger partial charge in [0.1, 0.15) is 5.60 Å². The number of nitrogens with one attached hydrogen (secondary N) is 1. The van der Waals surface area contributed by atoms with Crippen LogP contribution in [0.3, 0.4) is 0 Å². The summed E-state index contributed by atoms with van der Waals surface area (Å²) in [6.07, 6.45) is 8.20. The van der Waals surface area contributed by atoms with Crippen molar-refractivity contribution in [3.05, 3.63) is 35.4 Å². The van der Waals surface area contributed by atoms with Gasteiger partial charge in [-0.3, -0.25) is 4.79 Å². The summed E-state index contributed by atoms with van der Waals surface area (Å²) in [5.74, 6) is 0.837. The fourth-order valence-electron chi connectivity index (χ4n) is 3.47. The number of hydrogen-bond acceptors (Lipinski definition) is 3. The van der Waals surface area contributed by atoms with Gasteiger partial charge in [-0.15, -0.1) is 0 Å². The molecule has 0 atom stereocenters. The molecule has 1 N–H and O–H groups in total. The Bertz CT molecular complexity index is 598. The van der Waals surface area contributed by atoms with E-state index in [2.05, 4.69) is 5.32 Å². The molecule has 1 aromatic rings. The van der Waals surface area contributed by atoms with E-state index in [4.69, 9.17) is 4.74 Å². The fourth-order valence-corrected chi connectivity index (χ4v) is 3.47. The normalized spacial score (nSPS) is 15.5. The van der Waals surface area contributed by atoms with Crippen molar-refractivity contribution in [2.75, 3.05) is 6.54 Å². The third kappa shape index (κ3) is 7.59. The van der Waals surface area contributed by atoms with Crippen LogP contribution in [0.2, 0.25) is 0 Å². The molecule has 4 nitrogen and oxygen atoms in total. The molecule has 0 aromatic heterocycles. The van der Waals surface area contributed by atoms with Crippen LogP contribution in [0, 0.1) is 5.92 Å². The first-order valence-electron chi connectivity index (χ1n) is 9.92. The molecule has 0 bridgehead atoms. The number of carbonyl (C=O) groups excluding carboxylic acids is 2. The van der Waals surface area contributed by atoms with E-state index in [1.165, 1.54) is 32.1 Å². The lowest BCUT2D eigenvalue weighted by molar-refractivity contribution is 0.0527. The summed E-state index contributed by atoms with van der Waals surface area (Å²) >= 11 is 0. The average Bonchev–Trinajstić information content (AvgIpc) is 2.58. The van der Waals surface area contributed by atoms with Crippen molar-refractivity contribution in [1.82, 2.24) is 5.32 Å². The summed E-state index contributed by atoms with van der Waals surface area (Å²) in [7, 11) is 0. The number of amides is 1. The minimum absolute atomic E-state index is 0.269. The molecular formula is C22H33NO3. The van der Waals surface area contributed by atoms with Crippen LogP contribution in [0.1, 0.15) is 81.6 Å². The van der Waals surface area contributed by atoms with Gasteiger partial charge in [0, 0.05) is 18.5 Å². The van der Waals surface area contributed by atoms with E-state index in [0.717, 1.165) is 24.0 Å². The molecule has 144 valence electrons. The number of hydrogen-bond donors (Lipinski definition) is 1. The Hall–Kier alpha value is -1.84. The highest BCUT2D eigenvalue weighted by atomic mass is 16.6. The Labute approximate surface area is 157 Å². The van der Waals surface area contributed by atoms with E-state index in [9.17, 15) is 9.59 Å². The van der Waals surface area contributed by atoms with Crippen LogP contribution in [-0.4, -0.2) is 24.0 Å². The maximum absolute atomic E-state index is 12.5. The molecule has 0 radical (unpaired) electrons. The quantitative estimate of drug-likeness (QED) is 0.531. The summed E-state index contributed by atoms with van der Waals surface area (Å²) in [4.78, 5) is 24.2. The molecule has 1 amide bonds. The molecule has 26 heavy (non-hydrogen) atoms. The number of Topliss-reactive ketones (excluding diaryl/α,β-unsaturated/α-hetero) is 1. The number of ketones is 1. The Kier molecular flexibility index (Phi) is 7.67. The predicted molar refractivity (Wildman–Crippen MR) is 105 cm³/mol. The number of carbonyl (C=O) groups is 2. The second-order valence-corrected chi connectivity index (χ2v) is 8.36. The molecule has 2 rings (SSSR count). The van der Waals surface area contributed by atoms with Gasteiger partial charge in [0.15, 0.2) is 5.78 Å². The second-order valence-electron chi connectivity index (χ2n) is 8.36. The first-order valence-corrected chi connectivity index (χ1v) is 9.92. The average molecular weight is 360 g/mol. The lowest BCUT2D eigenvalue weighted by Crippen LogP contribution is -2.33. The van der Waals surface area contributed by atoms with Gasteiger partial charge < -0.3 is 10.1 Å². The van der Waals surface area contributed by atoms with E-state index in [0.29, 0.717) is 18.9 Å². The second kappa shape index (κ2) is 9.75. The smallest absolute Gasteiger partial charge is 0.407 e. The maximum atomic E-state index is 12.5. The molecule has 0 spiro atoms. The van der Waals surface area contributed by atoms with Crippen LogP contribution in [0.15, 0.2) is 24.3 Å². The molecule has 1 aromatic carbocycles. The molecular weight excluding hydrogens is 326 g/mol. The fraction of sp³-hybridized carbons (Fsp3) is 0.636. The number of rotatable bonds is 7. The van der Waals surface area contributed by atoms with Gasteiger partial charge in [0.25, 0.3) is 0 Å². The zero-order chi connectivity index (χ0) is 19.0. The summed E-state index contributed by atoms with van der Waals surface area (Å²) in [6, 6.07) is 7.95. The van der Waals surface area contributed by atoms with Gasteiger partial charge in [-0.25, -0.2) is 4.79 Å². The third-order valence-electron chi connectivity index (χ3n) is 4.76. The van der Waals surface area contributed by atoms with Crippen LogP contribution < -0.4 is 5.32 Å². The van der Waals surface area contributed by atoms with E-state index in [1.807, 2.05) is 45.0 Å². The van der Waals surface area contributed by atoms with Crippen molar-refractivity contribution in [2.45, 2.75) is 77.7 Å². The van der Waals surface area contributed by atoms with Crippen molar-refractivity contribution in [1.29, 1.82) is 0 Å². The van der Waals surface area contributed by atoms with Crippen LogP contribution in [-0.2, 0) is 11.2 Å². The topological polar surface area (TPSA) is 55.4 Å². The SMILES string of the molecule is CC(C)(C)OC(=O)NCCCc1cccc(C(=O)CC2CCCCC2)c1. The van der Waals surface area contributed by atoms with E-state index in [1.54, 1.807) is 0 Å². The van der Waals surface area contributed by atoms with Crippen molar-refractivity contribution in [3.63, 3.8) is 0 Å². The number of benzene rings is 1. The zero-order valence-corrected chi connectivity index (χ0v) is 16.5. The van der Waals surface area contributed by atoms with Crippen LogP contribution in [0.25, 0.3) is 0 Å². The minimum Gasteiger partial charge on any atom is -0.444 e. The van der Waals surface area contributed by atoms with Gasteiger partial charge in [-0.1, -0.05) is 50.3 Å². The van der Waals surface area contributed by atoms with E-state index < -0.39 is 5.60 Å². The van der Waals surface area contributed by atoms with Gasteiger partial charge in [0.05, 0.1) is 0 Å². The Morgan fingerprint density at radius 1 is 1.15 bits per heavy atom. The first kappa shape index (κ1) is 20.5. The molecule has 1 aliphatic rings. The van der Waals surface area contributed by atoms with Crippen LogP contribution in [0.5, 0.6) is 0 Å². The largest absolute Gasteiger partial charge is 0.444 e. The van der Waals surface area contributed by atoms with Crippen molar-refractivity contribution in [3.8, 4) is 0 Å². The Balaban J connectivity index is 1.75. The molecule has 0 heterocycles. The van der Waals surface area contributed by atoms with Gasteiger partial charge in [-0.2, -0.15) is 0 Å². The summed E-state index contributed by atoms with van der Waals surface area (Å²) in [6.45, 7) is 6.11. The molecule has 0 saturated heterocycles. The highest BCUT2D eigenvalue weighted by Gasteiger charge is 2.18. The summed E-state index contributed by atoms with van der Waals surface area (Å²) in [5.41, 5.74) is 1.50. The lowest BCUT2D eigenvalue weighted by atomic mass is 9.84. The Morgan fingerprint density at radius 3 is 2.58 bits per heavy atom. The summed E-state index contributed by atoms with van der Waals surface area (Å²) in [5, 5.41) is 2.77. The third-order valence-corrected chi connectivity index (χ3v) is 4.76. The highest BCUT2D eigenvalue weighted by molar-refractivity contribution is 5.96. The number of aryl methyl sites for hydroxylation is 1. The molecule has 1 aliphatic carbocycles.